The Kier molecular flexibility index (Phi) is 1.89. The Morgan fingerprint density at radius 1 is 1.00 bits per heavy atom. The summed E-state index contributed by atoms with van der Waals surface area (Å²) >= 11 is 0. The van der Waals surface area contributed by atoms with E-state index >= 15 is 0 Å². The zero-order chi connectivity index (χ0) is 12.4. The summed E-state index contributed by atoms with van der Waals surface area (Å²) in [6.45, 7) is 0. The van der Waals surface area contributed by atoms with Crippen LogP contribution in [0.5, 0.6) is 0 Å². The van der Waals surface area contributed by atoms with Crippen molar-refractivity contribution in [2.45, 2.75) is 37.8 Å². The predicted molar refractivity (Wildman–Crippen MR) is 66.6 cm³/mol. The van der Waals surface area contributed by atoms with Crippen molar-refractivity contribution in [3.05, 3.63) is 33.1 Å². The fourth-order valence-electron chi connectivity index (χ4n) is 4.11. The lowest BCUT2D eigenvalue weighted by Gasteiger charge is -2.28. The minimum atomic E-state index is -0.160. The highest BCUT2D eigenvalue weighted by Gasteiger charge is 2.42. The average molecular weight is 247 g/mol. The van der Waals surface area contributed by atoms with Gasteiger partial charge in [0.05, 0.1) is 12.1 Å². The molecule has 5 heteroatoms. The van der Waals surface area contributed by atoms with E-state index in [9.17, 15) is 9.59 Å². The molecule has 2 aliphatic carbocycles. The van der Waals surface area contributed by atoms with Gasteiger partial charge in [0.2, 0.25) is 0 Å². The minimum Gasteiger partial charge on any atom is -0.246 e. The predicted octanol–water partition coefficient (Wildman–Crippen LogP) is 0.820. The highest BCUT2D eigenvalue weighted by atomic mass is 16.2. The first-order chi connectivity index (χ1) is 8.68. The Labute approximate surface area is 104 Å². The minimum absolute atomic E-state index is 0.0907. The Bertz CT molecular complexity index is 597. The van der Waals surface area contributed by atoms with Crippen LogP contribution in [0.1, 0.15) is 37.8 Å². The number of nitrogens with zero attached hydrogens (tertiary/aromatic N) is 3. The van der Waals surface area contributed by atoms with Gasteiger partial charge >= 0.3 is 11.4 Å². The number of hydrogen-bond donors (Lipinski definition) is 0. The summed E-state index contributed by atoms with van der Waals surface area (Å²) in [5, 5.41) is 0. The number of allylic oxidation sites excluding steroid dienone is 2. The molecule has 0 N–H and O–H groups in total. The molecule has 0 radical (unpaired) electrons. The van der Waals surface area contributed by atoms with Crippen molar-refractivity contribution in [1.29, 1.82) is 0 Å². The van der Waals surface area contributed by atoms with Crippen molar-refractivity contribution in [3.63, 3.8) is 0 Å². The third kappa shape index (κ3) is 1.07. The molecule has 1 aromatic heterocycles. The zero-order valence-corrected chi connectivity index (χ0v) is 10.5. The molecule has 0 saturated heterocycles. The van der Waals surface area contributed by atoms with Gasteiger partial charge in [-0.15, -0.1) is 0 Å². The molecule has 0 spiro atoms. The van der Waals surface area contributed by atoms with E-state index in [4.69, 9.17) is 0 Å². The largest absolute Gasteiger partial charge is 0.347 e. The lowest BCUT2D eigenvalue weighted by atomic mass is 9.78. The molecule has 5 rings (SSSR count). The van der Waals surface area contributed by atoms with Gasteiger partial charge in [-0.05, 0) is 31.1 Å². The second-order valence-corrected chi connectivity index (χ2v) is 5.87. The first-order valence-corrected chi connectivity index (χ1v) is 6.77. The van der Waals surface area contributed by atoms with Gasteiger partial charge in [0.25, 0.3) is 0 Å². The normalized spacial score (nSPS) is 36.5. The Morgan fingerprint density at radius 2 is 1.50 bits per heavy atom. The maximum atomic E-state index is 12.2. The van der Waals surface area contributed by atoms with Crippen LogP contribution < -0.4 is 11.4 Å². The Hall–Kier alpha value is -1.52. The lowest BCUT2D eigenvalue weighted by Crippen LogP contribution is -2.35. The summed E-state index contributed by atoms with van der Waals surface area (Å²) in [6, 6.07) is 0.181. The van der Waals surface area contributed by atoms with E-state index in [1.54, 1.807) is 16.4 Å². The van der Waals surface area contributed by atoms with Crippen LogP contribution >= 0.6 is 0 Å². The molecule has 1 aromatic rings. The van der Waals surface area contributed by atoms with E-state index < -0.39 is 0 Å². The average Bonchev–Trinajstić information content (AvgIpc) is 2.53. The Balaban J connectivity index is 2.05. The highest BCUT2D eigenvalue weighted by molar-refractivity contribution is 5.12. The molecule has 0 unspecified atom stereocenters. The summed E-state index contributed by atoms with van der Waals surface area (Å²) in [5.41, 5.74) is -0.321. The van der Waals surface area contributed by atoms with Crippen molar-refractivity contribution in [2.24, 2.45) is 18.9 Å². The van der Waals surface area contributed by atoms with Gasteiger partial charge in [-0.3, -0.25) is 0 Å². The van der Waals surface area contributed by atoms with Crippen molar-refractivity contribution in [3.8, 4) is 0 Å². The topological polar surface area (TPSA) is 48.9 Å². The second-order valence-electron chi connectivity index (χ2n) is 5.87. The molecule has 0 aromatic carbocycles. The summed E-state index contributed by atoms with van der Waals surface area (Å²) in [5.74, 6) is 1.05. The second kappa shape index (κ2) is 3.28. The molecule has 5 nitrogen and oxygen atoms in total. The molecule has 3 heterocycles. The van der Waals surface area contributed by atoms with E-state index in [1.807, 2.05) is 0 Å². The third-order valence-electron chi connectivity index (χ3n) is 4.99. The summed E-state index contributed by atoms with van der Waals surface area (Å²) < 4.78 is 4.67. The maximum Gasteiger partial charge on any atom is 0.347 e. The van der Waals surface area contributed by atoms with Gasteiger partial charge in [0.1, 0.15) is 0 Å². The molecule has 2 aliphatic heterocycles. The van der Waals surface area contributed by atoms with E-state index in [0.717, 1.165) is 6.42 Å². The quantitative estimate of drug-likeness (QED) is 0.637. The molecular formula is C13H17N3O2. The van der Waals surface area contributed by atoms with Gasteiger partial charge in [0, 0.05) is 7.05 Å². The van der Waals surface area contributed by atoms with Crippen LogP contribution in [0.2, 0.25) is 0 Å². The van der Waals surface area contributed by atoms with Crippen LogP contribution in [0, 0.1) is 11.8 Å². The summed E-state index contributed by atoms with van der Waals surface area (Å²) in [6.07, 6.45) is 9.04. The van der Waals surface area contributed by atoms with Crippen LogP contribution in [0.15, 0.2) is 21.7 Å². The first-order valence-electron chi connectivity index (χ1n) is 6.77. The molecule has 4 atom stereocenters. The smallest absolute Gasteiger partial charge is 0.246 e. The van der Waals surface area contributed by atoms with Gasteiger partial charge in [0.15, 0.2) is 0 Å². The SMILES string of the molecule is Cn1c(=O)n2n(c1=O)[C@@H]1C=C[C@@H]2[C@@H]2CCC[C@@H]1C2. The zero-order valence-electron chi connectivity index (χ0n) is 10.5. The molecule has 18 heavy (non-hydrogen) atoms. The van der Waals surface area contributed by atoms with Gasteiger partial charge < -0.3 is 0 Å². The van der Waals surface area contributed by atoms with E-state index in [0.29, 0.717) is 11.8 Å². The molecule has 1 saturated carbocycles. The van der Waals surface area contributed by atoms with Crippen LogP contribution in [0.25, 0.3) is 0 Å². The van der Waals surface area contributed by atoms with Crippen molar-refractivity contribution in [1.82, 2.24) is 13.9 Å². The van der Waals surface area contributed by atoms with Gasteiger partial charge in [-0.2, -0.15) is 0 Å². The van der Waals surface area contributed by atoms with Crippen molar-refractivity contribution >= 4 is 0 Å². The van der Waals surface area contributed by atoms with E-state index in [-0.39, 0.29) is 23.5 Å². The lowest BCUT2D eigenvalue weighted by molar-refractivity contribution is 0.237. The van der Waals surface area contributed by atoms with Crippen LogP contribution in [-0.4, -0.2) is 13.9 Å². The fourth-order valence-corrected chi connectivity index (χ4v) is 4.11. The molecule has 4 bridgehead atoms. The number of hydrogen-bond acceptors (Lipinski definition) is 2. The standard InChI is InChI=1S/C13H17N3O2/c1-14-12(17)15-10-5-6-11(16(15)13(14)18)9-4-2-3-8(10)7-9/h5-6,8-11H,2-4,7H2,1H3/t8-,9-,10-,11-/m1/s1. The number of rotatable bonds is 0. The number of aromatic nitrogens is 3. The first kappa shape index (κ1) is 10.4. The molecule has 0 amide bonds. The van der Waals surface area contributed by atoms with Gasteiger partial charge in [-0.1, -0.05) is 18.6 Å². The maximum absolute atomic E-state index is 12.2. The van der Waals surface area contributed by atoms with Crippen molar-refractivity contribution in [2.75, 3.05) is 0 Å². The van der Waals surface area contributed by atoms with Gasteiger partial charge in [-0.25, -0.2) is 23.5 Å². The third-order valence-corrected chi connectivity index (χ3v) is 4.99. The van der Waals surface area contributed by atoms with Crippen LogP contribution in [0.4, 0.5) is 0 Å². The fraction of sp³-hybridized carbons (Fsp3) is 0.692. The highest BCUT2D eigenvalue weighted by Crippen LogP contribution is 2.46. The van der Waals surface area contributed by atoms with Crippen LogP contribution in [-0.2, 0) is 7.05 Å². The molecule has 96 valence electrons. The monoisotopic (exact) mass is 247 g/mol. The molecule has 4 aliphatic rings. The summed E-state index contributed by atoms with van der Waals surface area (Å²) in [7, 11) is 1.58. The Morgan fingerprint density at radius 3 is 2.00 bits per heavy atom. The van der Waals surface area contributed by atoms with E-state index in [1.165, 1.54) is 23.8 Å². The van der Waals surface area contributed by atoms with Crippen LogP contribution in [0.3, 0.4) is 0 Å². The summed E-state index contributed by atoms with van der Waals surface area (Å²) in [4.78, 5) is 24.5. The van der Waals surface area contributed by atoms with Crippen molar-refractivity contribution < 1.29 is 0 Å². The molecule has 1 fully saturated rings. The van der Waals surface area contributed by atoms with E-state index in [2.05, 4.69) is 12.2 Å². The molecular weight excluding hydrogens is 230 g/mol.